The average molecular weight is 225 g/mol. The van der Waals surface area contributed by atoms with Gasteiger partial charge in [-0.2, -0.15) is 0 Å². The van der Waals surface area contributed by atoms with Gasteiger partial charge in [-0.05, 0) is 46.3 Å². The summed E-state index contributed by atoms with van der Waals surface area (Å²) in [5, 5.41) is 3.41. The monoisotopic (exact) mass is 225 g/mol. The van der Waals surface area contributed by atoms with E-state index in [-0.39, 0.29) is 0 Å². The molecule has 0 radical (unpaired) electrons. The molecule has 0 saturated carbocycles. The van der Waals surface area contributed by atoms with Gasteiger partial charge in [-0.1, -0.05) is 6.92 Å². The van der Waals surface area contributed by atoms with Gasteiger partial charge >= 0.3 is 0 Å². The van der Waals surface area contributed by atoms with E-state index in [0.29, 0.717) is 0 Å². The molecule has 16 heavy (non-hydrogen) atoms. The second-order valence-electron chi connectivity index (χ2n) is 5.56. The first-order chi connectivity index (χ1) is 7.72. The molecule has 94 valence electrons. The van der Waals surface area contributed by atoms with E-state index in [0.717, 1.165) is 18.1 Å². The minimum atomic E-state index is 0.756. The first-order valence-electron chi connectivity index (χ1n) is 6.89. The highest BCUT2D eigenvalue weighted by molar-refractivity contribution is 4.91. The lowest BCUT2D eigenvalue weighted by molar-refractivity contribution is 0.0390. The topological polar surface area (TPSA) is 18.5 Å². The molecule has 0 aromatic carbocycles. The fraction of sp³-hybridized carbons (Fsp3) is 1.00. The van der Waals surface area contributed by atoms with Crippen LogP contribution in [0.5, 0.6) is 0 Å². The van der Waals surface area contributed by atoms with Crippen molar-refractivity contribution in [3.8, 4) is 0 Å². The van der Waals surface area contributed by atoms with Crippen molar-refractivity contribution in [3.63, 3.8) is 0 Å². The molecular weight excluding hydrogens is 198 g/mol. The Kier molecular flexibility index (Phi) is 4.22. The molecule has 2 saturated heterocycles. The quantitative estimate of drug-likeness (QED) is 0.774. The number of likely N-dealkylation sites (tertiary alicyclic amines) is 1. The van der Waals surface area contributed by atoms with Gasteiger partial charge in [-0.3, -0.25) is 4.90 Å². The SMILES string of the molecule is CCCN(C1CNC1)C1CCN(C)C(C)C1. The van der Waals surface area contributed by atoms with Crippen LogP contribution in [0.2, 0.25) is 0 Å². The lowest BCUT2D eigenvalue weighted by atomic mass is 9.94. The van der Waals surface area contributed by atoms with Gasteiger partial charge in [0, 0.05) is 31.2 Å². The summed E-state index contributed by atoms with van der Waals surface area (Å²) in [7, 11) is 2.26. The highest BCUT2D eigenvalue weighted by atomic mass is 15.3. The van der Waals surface area contributed by atoms with Crippen LogP contribution < -0.4 is 5.32 Å². The minimum Gasteiger partial charge on any atom is -0.314 e. The Morgan fingerprint density at radius 1 is 1.31 bits per heavy atom. The number of nitrogens with one attached hydrogen (secondary N) is 1. The van der Waals surface area contributed by atoms with Gasteiger partial charge in [-0.25, -0.2) is 0 Å². The summed E-state index contributed by atoms with van der Waals surface area (Å²) < 4.78 is 0. The summed E-state index contributed by atoms with van der Waals surface area (Å²) in [6.07, 6.45) is 4.00. The van der Waals surface area contributed by atoms with Gasteiger partial charge in [0.2, 0.25) is 0 Å². The third-order valence-electron chi connectivity index (χ3n) is 4.36. The zero-order chi connectivity index (χ0) is 11.5. The molecule has 1 N–H and O–H groups in total. The summed E-state index contributed by atoms with van der Waals surface area (Å²) in [5.41, 5.74) is 0. The number of rotatable bonds is 4. The van der Waals surface area contributed by atoms with Crippen LogP contribution in [-0.4, -0.2) is 61.2 Å². The van der Waals surface area contributed by atoms with Crippen molar-refractivity contribution in [1.29, 1.82) is 0 Å². The first kappa shape index (κ1) is 12.3. The Balaban J connectivity index is 1.91. The molecule has 2 fully saturated rings. The van der Waals surface area contributed by atoms with E-state index in [2.05, 4.69) is 36.0 Å². The van der Waals surface area contributed by atoms with Crippen molar-refractivity contribution >= 4 is 0 Å². The molecular formula is C13H27N3. The van der Waals surface area contributed by atoms with Crippen LogP contribution in [0.15, 0.2) is 0 Å². The summed E-state index contributed by atoms with van der Waals surface area (Å²) >= 11 is 0. The molecule has 0 amide bonds. The smallest absolute Gasteiger partial charge is 0.0348 e. The lowest BCUT2D eigenvalue weighted by Gasteiger charge is -2.47. The molecule has 0 spiro atoms. The summed E-state index contributed by atoms with van der Waals surface area (Å²) in [6, 6.07) is 2.41. The highest BCUT2D eigenvalue weighted by Gasteiger charge is 2.33. The molecule has 0 aromatic rings. The van der Waals surface area contributed by atoms with Crippen LogP contribution >= 0.6 is 0 Å². The van der Waals surface area contributed by atoms with Crippen molar-refractivity contribution in [2.24, 2.45) is 0 Å². The third-order valence-corrected chi connectivity index (χ3v) is 4.36. The highest BCUT2D eigenvalue weighted by Crippen LogP contribution is 2.23. The van der Waals surface area contributed by atoms with E-state index in [1.807, 2.05) is 0 Å². The summed E-state index contributed by atoms with van der Waals surface area (Å²) in [5.74, 6) is 0. The van der Waals surface area contributed by atoms with E-state index >= 15 is 0 Å². The van der Waals surface area contributed by atoms with Crippen molar-refractivity contribution < 1.29 is 0 Å². The molecule has 2 heterocycles. The van der Waals surface area contributed by atoms with Gasteiger partial charge in [0.25, 0.3) is 0 Å². The zero-order valence-electron chi connectivity index (χ0n) is 11.1. The van der Waals surface area contributed by atoms with Gasteiger partial charge in [0.15, 0.2) is 0 Å². The largest absolute Gasteiger partial charge is 0.314 e. The maximum absolute atomic E-state index is 3.41. The molecule has 2 unspecified atom stereocenters. The molecule has 0 aliphatic carbocycles. The number of hydrogen-bond donors (Lipinski definition) is 1. The fourth-order valence-corrected chi connectivity index (χ4v) is 3.00. The third kappa shape index (κ3) is 2.58. The zero-order valence-corrected chi connectivity index (χ0v) is 11.1. The Morgan fingerprint density at radius 3 is 2.56 bits per heavy atom. The van der Waals surface area contributed by atoms with Gasteiger partial charge in [0.1, 0.15) is 0 Å². The van der Waals surface area contributed by atoms with E-state index in [4.69, 9.17) is 0 Å². The van der Waals surface area contributed by atoms with E-state index in [1.54, 1.807) is 0 Å². The van der Waals surface area contributed by atoms with Crippen molar-refractivity contribution in [3.05, 3.63) is 0 Å². The Hall–Kier alpha value is -0.120. The molecule has 3 heteroatoms. The minimum absolute atomic E-state index is 0.756. The van der Waals surface area contributed by atoms with E-state index < -0.39 is 0 Å². The van der Waals surface area contributed by atoms with Gasteiger partial charge in [0.05, 0.1) is 0 Å². The van der Waals surface area contributed by atoms with E-state index in [9.17, 15) is 0 Å². The van der Waals surface area contributed by atoms with Crippen molar-refractivity contribution in [1.82, 2.24) is 15.1 Å². The van der Waals surface area contributed by atoms with Gasteiger partial charge < -0.3 is 10.2 Å². The predicted octanol–water partition coefficient (Wildman–Crippen LogP) is 1.15. The Labute approximate surface area is 100 Å². The van der Waals surface area contributed by atoms with Crippen molar-refractivity contribution in [2.75, 3.05) is 33.2 Å². The molecule has 0 aromatic heterocycles. The molecule has 0 bridgehead atoms. The Morgan fingerprint density at radius 2 is 2.06 bits per heavy atom. The summed E-state index contributed by atoms with van der Waals surface area (Å²) in [4.78, 5) is 5.28. The first-order valence-corrected chi connectivity index (χ1v) is 6.89. The maximum atomic E-state index is 3.41. The Bertz CT molecular complexity index is 215. The van der Waals surface area contributed by atoms with Crippen LogP contribution in [0.25, 0.3) is 0 Å². The second-order valence-corrected chi connectivity index (χ2v) is 5.56. The van der Waals surface area contributed by atoms with E-state index in [1.165, 1.54) is 45.4 Å². The second kappa shape index (κ2) is 5.48. The fourth-order valence-electron chi connectivity index (χ4n) is 3.00. The normalized spacial score (nSPS) is 33.0. The molecule has 2 rings (SSSR count). The molecule has 2 aliphatic rings. The van der Waals surface area contributed by atoms with Crippen LogP contribution in [0.1, 0.15) is 33.1 Å². The van der Waals surface area contributed by atoms with Crippen LogP contribution in [0.4, 0.5) is 0 Å². The lowest BCUT2D eigenvalue weighted by Crippen LogP contribution is -2.62. The van der Waals surface area contributed by atoms with Crippen molar-refractivity contribution in [2.45, 2.75) is 51.2 Å². The number of nitrogens with zero attached hydrogens (tertiary/aromatic N) is 2. The molecule has 2 atom stereocenters. The summed E-state index contributed by atoms with van der Waals surface area (Å²) in [6.45, 7) is 9.65. The average Bonchev–Trinajstić information content (AvgIpc) is 2.19. The number of piperidine rings is 1. The van der Waals surface area contributed by atoms with Crippen LogP contribution in [0, 0.1) is 0 Å². The molecule has 2 aliphatic heterocycles. The maximum Gasteiger partial charge on any atom is 0.0348 e. The predicted molar refractivity (Wildman–Crippen MR) is 68.8 cm³/mol. The van der Waals surface area contributed by atoms with Gasteiger partial charge in [-0.15, -0.1) is 0 Å². The number of hydrogen-bond acceptors (Lipinski definition) is 3. The standard InChI is InChI=1S/C13H27N3/c1-4-6-16(13-9-14-10-13)12-5-7-15(3)11(2)8-12/h11-14H,4-10H2,1-3H3. The van der Waals surface area contributed by atoms with Crippen LogP contribution in [0.3, 0.4) is 0 Å². The van der Waals surface area contributed by atoms with Crippen LogP contribution in [-0.2, 0) is 0 Å². The molecule has 3 nitrogen and oxygen atoms in total.